The third-order valence-corrected chi connectivity index (χ3v) is 5.85. The number of carbonyl (C=O) groups excluding carboxylic acids is 1. The lowest BCUT2D eigenvalue weighted by Gasteiger charge is -2.45. The Hall–Kier alpha value is -2.36. The summed E-state index contributed by atoms with van der Waals surface area (Å²) in [5, 5.41) is 14.7. The van der Waals surface area contributed by atoms with Gasteiger partial charge in [0, 0.05) is 11.1 Å². The number of amides is 1. The van der Waals surface area contributed by atoms with E-state index in [1.165, 1.54) is 0 Å². The maximum atomic E-state index is 12.9. The third-order valence-electron chi connectivity index (χ3n) is 5.85. The molecule has 0 aromatic heterocycles. The Bertz CT molecular complexity index is 787. The molecule has 124 valence electrons. The van der Waals surface area contributed by atoms with Gasteiger partial charge in [0.25, 0.3) is 0 Å². The average Bonchev–Trinajstić information content (AvgIpc) is 2.62. The Morgan fingerprint density at radius 2 is 1.50 bits per heavy atom. The largest absolute Gasteiger partial charge is 0.481 e. The summed E-state index contributed by atoms with van der Waals surface area (Å²) in [6, 6.07) is 13.7. The average molecular weight is 323 g/mol. The molecule has 2 aromatic carbocycles. The molecule has 3 saturated carbocycles. The van der Waals surface area contributed by atoms with Gasteiger partial charge in [0.05, 0.1) is 11.8 Å². The molecule has 0 spiro atoms. The zero-order valence-electron chi connectivity index (χ0n) is 13.4. The van der Waals surface area contributed by atoms with Crippen LogP contribution in [0.5, 0.6) is 0 Å². The topological polar surface area (TPSA) is 66.4 Å². The van der Waals surface area contributed by atoms with Gasteiger partial charge in [-0.3, -0.25) is 9.59 Å². The Labute approximate surface area is 140 Å². The summed E-state index contributed by atoms with van der Waals surface area (Å²) >= 11 is 0. The summed E-state index contributed by atoms with van der Waals surface area (Å²) in [6.07, 6.45) is 3.84. The minimum Gasteiger partial charge on any atom is -0.481 e. The molecule has 4 nitrogen and oxygen atoms in total. The van der Waals surface area contributed by atoms with E-state index in [1.807, 2.05) is 42.5 Å². The number of hydrogen-bond donors (Lipinski definition) is 2. The lowest BCUT2D eigenvalue weighted by atomic mass is 9.58. The molecule has 2 unspecified atom stereocenters. The molecule has 4 heteroatoms. The predicted molar refractivity (Wildman–Crippen MR) is 92.6 cm³/mol. The maximum absolute atomic E-state index is 12.9. The summed E-state index contributed by atoms with van der Waals surface area (Å²) in [4.78, 5) is 24.7. The number of anilines is 1. The van der Waals surface area contributed by atoms with Gasteiger partial charge in [-0.15, -0.1) is 0 Å². The predicted octanol–water partition coefficient (Wildman–Crippen LogP) is 3.92. The van der Waals surface area contributed by atoms with Gasteiger partial charge in [0.1, 0.15) is 0 Å². The van der Waals surface area contributed by atoms with Crippen LogP contribution in [0.2, 0.25) is 0 Å². The second-order valence-corrected chi connectivity index (χ2v) is 7.08. The molecular formula is C20H21NO3. The van der Waals surface area contributed by atoms with Crippen molar-refractivity contribution < 1.29 is 14.7 Å². The molecule has 3 fully saturated rings. The summed E-state index contributed by atoms with van der Waals surface area (Å²) in [7, 11) is 0. The van der Waals surface area contributed by atoms with E-state index >= 15 is 0 Å². The highest BCUT2D eigenvalue weighted by Gasteiger charge is 2.50. The second kappa shape index (κ2) is 5.93. The van der Waals surface area contributed by atoms with E-state index in [4.69, 9.17) is 0 Å². The van der Waals surface area contributed by atoms with Gasteiger partial charge in [-0.2, -0.15) is 0 Å². The number of carboxylic acids is 1. The SMILES string of the molecule is O=C(O)C1C2CCC(CC2)C1C(=O)Nc1cccc2ccccc12. The van der Waals surface area contributed by atoms with Gasteiger partial charge in [-0.1, -0.05) is 36.4 Å². The fraction of sp³-hybridized carbons (Fsp3) is 0.400. The fourth-order valence-electron chi connectivity index (χ4n) is 4.73. The van der Waals surface area contributed by atoms with Gasteiger partial charge in [0.15, 0.2) is 0 Å². The quantitative estimate of drug-likeness (QED) is 0.900. The van der Waals surface area contributed by atoms with Crippen molar-refractivity contribution in [1.29, 1.82) is 0 Å². The normalized spacial score (nSPS) is 28.7. The van der Waals surface area contributed by atoms with Crippen molar-refractivity contribution in [2.24, 2.45) is 23.7 Å². The van der Waals surface area contributed by atoms with Crippen LogP contribution in [0.15, 0.2) is 42.5 Å². The number of fused-ring (bicyclic) bond motifs is 4. The molecule has 0 heterocycles. The van der Waals surface area contributed by atoms with Crippen LogP contribution in [0.3, 0.4) is 0 Å². The van der Waals surface area contributed by atoms with Crippen LogP contribution < -0.4 is 5.32 Å². The Balaban J connectivity index is 1.64. The van der Waals surface area contributed by atoms with E-state index in [2.05, 4.69) is 5.32 Å². The molecule has 0 aliphatic heterocycles. The molecule has 0 radical (unpaired) electrons. The van der Waals surface area contributed by atoms with Crippen LogP contribution in [0.4, 0.5) is 5.69 Å². The highest BCUT2D eigenvalue weighted by atomic mass is 16.4. The molecule has 3 aliphatic carbocycles. The molecular weight excluding hydrogens is 302 g/mol. The molecule has 2 atom stereocenters. The molecule has 24 heavy (non-hydrogen) atoms. The lowest BCUT2D eigenvalue weighted by Crippen LogP contribution is -2.49. The zero-order chi connectivity index (χ0) is 16.7. The summed E-state index contributed by atoms with van der Waals surface area (Å²) in [6.45, 7) is 0. The fourth-order valence-corrected chi connectivity index (χ4v) is 4.73. The smallest absolute Gasteiger partial charge is 0.307 e. The summed E-state index contributed by atoms with van der Waals surface area (Å²) < 4.78 is 0. The minimum atomic E-state index is -0.817. The van der Waals surface area contributed by atoms with Crippen LogP contribution >= 0.6 is 0 Å². The van der Waals surface area contributed by atoms with Gasteiger partial charge >= 0.3 is 5.97 Å². The number of aliphatic carboxylic acids is 1. The van der Waals surface area contributed by atoms with Gasteiger partial charge in [-0.25, -0.2) is 0 Å². The van der Waals surface area contributed by atoms with E-state index < -0.39 is 17.8 Å². The van der Waals surface area contributed by atoms with Crippen molar-refractivity contribution in [3.8, 4) is 0 Å². The van der Waals surface area contributed by atoms with Crippen LogP contribution in [-0.2, 0) is 9.59 Å². The van der Waals surface area contributed by atoms with Gasteiger partial charge in [-0.05, 0) is 49.0 Å². The first kappa shape index (κ1) is 15.2. The third kappa shape index (κ3) is 2.46. The van der Waals surface area contributed by atoms with Crippen molar-refractivity contribution in [3.63, 3.8) is 0 Å². The molecule has 1 amide bonds. The van der Waals surface area contributed by atoms with Crippen LogP contribution in [0, 0.1) is 23.7 Å². The number of benzene rings is 2. The van der Waals surface area contributed by atoms with Gasteiger partial charge in [0.2, 0.25) is 5.91 Å². The summed E-state index contributed by atoms with van der Waals surface area (Å²) in [5.74, 6) is -1.54. The molecule has 2 bridgehead atoms. The molecule has 2 N–H and O–H groups in total. The molecule has 2 aromatic rings. The van der Waals surface area contributed by atoms with E-state index in [0.717, 1.165) is 42.1 Å². The first-order chi connectivity index (χ1) is 11.6. The van der Waals surface area contributed by atoms with Crippen molar-refractivity contribution in [2.75, 3.05) is 5.32 Å². The summed E-state index contributed by atoms with van der Waals surface area (Å²) in [5.41, 5.74) is 0.767. The number of carbonyl (C=O) groups is 2. The van der Waals surface area contributed by atoms with Crippen LogP contribution in [0.1, 0.15) is 25.7 Å². The minimum absolute atomic E-state index is 0.131. The first-order valence-electron chi connectivity index (χ1n) is 8.66. The molecule has 0 saturated heterocycles. The Morgan fingerprint density at radius 1 is 0.875 bits per heavy atom. The number of carboxylic acid groups (broad SMARTS) is 1. The lowest BCUT2D eigenvalue weighted by molar-refractivity contribution is -0.156. The van der Waals surface area contributed by atoms with E-state index in [9.17, 15) is 14.7 Å². The number of nitrogens with one attached hydrogen (secondary N) is 1. The monoisotopic (exact) mass is 323 g/mol. The van der Waals surface area contributed by atoms with E-state index in [1.54, 1.807) is 0 Å². The highest BCUT2D eigenvalue weighted by molar-refractivity contribution is 6.03. The maximum Gasteiger partial charge on any atom is 0.307 e. The Morgan fingerprint density at radius 3 is 2.21 bits per heavy atom. The van der Waals surface area contributed by atoms with Crippen molar-refractivity contribution in [3.05, 3.63) is 42.5 Å². The second-order valence-electron chi connectivity index (χ2n) is 7.08. The van der Waals surface area contributed by atoms with E-state index in [-0.39, 0.29) is 17.7 Å². The Kier molecular flexibility index (Phi) is 3.75. The number of hydrogen-bond acceptors (Lipinski definition) is 2. The van der Waals surface area contributed by atoms with Gasteiger partial charge < -0.3 is 10.4 Å². The van der Waals surface area contributed by atoms with Crippen LogP contribution in [-0.4, -0.2) is 17.0 Å². The standard InChI is InChI=1S/C20H21NO3/c22-19(17-13-8-10-14(11-9-13)18(17)20(23)24)21-16-7-3-5-12-4-1-2-6-15(12)16/h1-7,13-14,17-18H,8-11H2,(H,21,22)(H,23,24). The van der Waals surface area contributed by atoms with Crippen molar-refractivity contribution in [2.45, 2.75) is 25.7 Å². The number of rotatable bonds is 3. The first-order valence-corrected chi connectivity index (χ1v) is 8.66. The molecule has 3 aliphatic rings. The molecule has 5 rings (SSSR count). The zero-order valence-corrected chi connectivity index (χ0v) is 13.4. The highest BCUT2D eigenvalue weighted by Crippen LogP contribution is 2.49. The van der Waals surface area contributed by atoms with Crippen molar-refractivity contribution >= 4 is 28.3 Å². The van der Waals surface area contributed by atoms with E-state index in [0.29, 0.717) is 0 Å². The van der Waals surface area contributed by atoms with Crippen LogP contribution in [0.25, 0.3) is 10.8 Å². The van der Waals surface area contributed by atoms with Crippen molar-refractivity contribution in [1.82, 2.24) is 0 Å².